The summed E-state index contributed by atoms with van der Waals surface area (Å²) >= 11 is 0. The van der Waals surface area contributed by atoms with E-state index in [0.717, 1.165) is 29.9 Å². The molecule has 142 valence electrons. The molecular weight excluding hydrogens is 324 g/mol. The molecule has 1 saturated heterocycles. The number of carbonyl (C=O) groups excluding carboxylic acids is 1. The van der Waals surface area contributed by atoms with Crippen molar-refractivity contribution < 1.29 is 4.79 Å². The molecule has 0 saturated carbocycles. The third-order valence-electron chi connectivity index (χ3n) is 5.26. The minimum Gasteiger partial charge on any atom is -0.352 e. The van der Waals surface area contributed by atoms with Crippen molar-refractivity contribution in [3.8, 4) is 0 Å². The molecule has 1 amide bonds. The maximum absolute atomic E-state index is 12.4. The normalized spacial score (nSPS) is 17.2. The number of likely N-dealkylation sites (tertiary alicyclic amines) is 1. The Kier molecular flexibility index (Phi) is 6.67. The van der Waals surface area contributed by atoms with Crippen LogP contribution in [0.4, 0.5) is 0 Å². The van der Waals surface area contributed by atoms with Crippen LogP contribution in [0.3, 0.4) is 0 Å². The number of hydrogen-bond donors (Lipinski definition) is 1. The van der Waals surface area contributed by atoms with Crippen molar-refractivity contribution in [2.24, 2.45) is 0 Å². The predicted molar refractivity (Wildman–Crippen MR) is 106 cm³/mol. The highest BCUT2D eigenvalue weighted by molar-refractivity contribution is 5.78. The number of aromatic nitrogens is 2. The smallest absolute Gasteiger partial charge is 0.220 e. The van der Waals surface area contributed by atoms with Gasteiger partial charge >= 0.3 is 0 Å². The van der Waals surface area contributed by atoms with Crippen LogP contribution in [0.1, 0.15) is 51.8 Å². The van der Waals surface area contributed by atoms with Crippen molar-refractivity contribution in [2.75, 3.05) is 19.6 Å². The van der Waals surface area contributed by atoms with E-state index >= 15 is 0 Å². The molecule has 1 atom stereocenters. The van der Waals surface area contributed by atoms with Crippen LogP contribution in [0, 0.1) is 0 Å². The number of para-hydroxylation sites is 2. The summed E-state index contributed by atoms with van der Waals surface area (Å²) in [7, 11) is 0. The lowest BCUT2D eigenvalue weighted by Crippen LogP contribution is -2.42. The van der Waals surface area contributed by atoms with Gasteiger partial charge in [0.2, 0.25) is 5.91 Å². The number of carbonyl (C=O) groups is 1. The molecule has 1 aromatic carbocycles. The zero-order valence-electron chi connectivity index (χ0n) is 16.2. The second-order valence-electron chi connectivity index (χ2n) is 7.44. The molecule has 5 heteroatoms. The van der Waals surface area contributed by atoms with Crippen LogP contribution in [0.5, 0.6) is 0 Å². The van der Waals surface area contributed by atoms with Crippen LogP contribution in [0.15, 0.2) is 24.3 Å². The SMILES string of the molecule is CCn1c(CCC(=O)N[C@H](C)CN2CCCCCC2)nc2ccccc21. The molecule has 3 rings (SSSR count). The zero-order chi connectivity index (χ0) is 18.4. The summed E-state index contributed by atoms with van der Waals surface area (Å²) in [5.41, 5.74) is 2.17. The van der Waals surface area contributed by atoms with E-state index in [4.69, 9.17) is 4.98 Å². The Labute approximate surface area is 156 Å². The number of amides is 1. The summed E-state index contributed by atoms with van der Waals surface area (Å²) in [6, 6.07) is 8.38. The molecule has 2 aromatic rings. The summed E-state index contributed by atoms with van der Waals surface area (Å²) in [4.78, 5) is 19.6. The molecule has 0 spiro atoms. The van der Waals surface area contributed by atoms with Crippen LogP contribution in [-0.2, 0) is 17.8 Å². The van der Waals surface area contributed by atoms with Gasteiger partial charge in [-0.2, -0.15) is 0 Å². The van der Waals surface area contributed by atoms with Crippen LogP contribution in [0.2, 0.25) is 0 Å². The predicted octanol–water partition coefficient (Wildman–Crippen LogP) is 3.37. The number of nitrogens with zero attached hydrogens (tertiary/aromatic N) is 3. The minimum absolute atomic E-state index is 0.127. The lowest BCUT2D eigenvalue weighted by Gasteiger charge is -2.24. The largest absolute Gasteiger partial charge is 0.352 e. The van der Waals surface area contributed by atoms with E-state index < -0.39 is 0 Å². The monoisotopic (exact) mass is 356 g/mol. The van der Waals surface area contributed by atoms with E-state index in [-0.39, 0.29) is 11.9 Å². The van der Waals surface area contributed by atoms with Gasteiger partial charge in [-0.05, 0) is 51.9 Å². The van der Waals surface area contributed by atoms with Gasteiger partial charge in [0.05, 0.1) is 11.0 Å². The van der Waals surface area contributed by atoms with Gasteiger partial charge in [0.25, 0.3) is 0 Å². The highest BCUT2D eigenvalue weighted by Gasteiger charge is 2.15. The Hall–Kier alpha value is -1.88. The summed E-state index contributed by atoms with van der Waals surface area (Å²) < 4.78 is 2.21. The molecule has 0 aliphatic carbocycles. The lowest BCUT2D eigenvalue weighted by molar-refractivity contribution is -0.121. The lowest BCUT2D eigenvalue weighted by atomic mass is 10.2. The van der Waals surface area contributed by atoms with E-state index in [2.05, 4.69) is 34.7 Å². The van der Waals surface area contributed by atoms with Crippen LogP contribution in [-0.4, -0.2) is 46.0 Å². The number of nitrogens with one attached hydrogen (secondary N) is 1. The van der Waals surface area contributed by atoms with Crippen LogP contribution < -0.4 is 5.32 Å². The van der Waals surface area contributed by atoms with Crippen LogP contribution in [0.25, 0.3) is 11.0 Å². The van der Waals surface area contributed by atoms with Crippen LogP contribution >= 0.6 is 0 Å². The van der Waals surface area contributed by atoms with Crippen molar-refractivity contribution in [3.05, 3.63) is 30.1 Å². The van der Waals surface area contributed by atoms with E-state index in [1.807, 2.05) is 18.2 Å². The number of hydrogen-bond acceptors (Lipinski definition) is 3. The van der Waals surface area contributed by atoms with E-state index in [1.54, 1.807) is 0 Å². The molecule has 1 aromatic heterocycles. The number of rotatable bonds is 7. The fraction of sp³-hybridized carbons (Fsp3) is 0.619. The highest BCUT2D eigenvalue weighted by atomic mass is 16.1. The molecule has 1 N–H and O–H groups in total. The Morgan fingerprint density at radius 3 is 2.65 bits per heavy atom. The van der Waals surface area contributed by atoms with Gasteiger partial charge in [0.1, 0.15) is 5.82 Å². The van der Waals surface area contributed by atoms with Crippen molar-refractivity contribution in [1.82, 2.24) is 19.8 Å². The van der Waals surface area contributed by atoms with Gasteiger partial charge in [-0.15, -0.1) is 0 Å². The van der Waals surface area contributed by atoms with Gasteiger partial charge in [-0.25, -0.2) is 4.98 Å². The molecule has 2 heterocycles. The molecule has 1 aliphatic heterocycles. The van der Waals surface area contributed by atoms with Gasteiger partial charge in [0.15, 0.2) is 0 Å². The van der Waals surface area contributed by atoms with Crippen molar-refractivity contribution >= 4 is 16.9 Å². The first-order valence-corrected chi connectivity index (χ1v) is 10.1. The summed E-state index contributed by atoms with van der Waals surface area (Å²) in [5.74, 6) is 1.13. The first-order chi connectivity index (χ1) is 12.7. The maximum Gasteiger partial charge on any atom is 0.220 e. The van der Waals surface area contributed by atoms with Gasteiger partial charge < -0.3 is 14.8 Å². The standard InChI is InChI=1S/C21H32N4O/c1-3-25-19-11-7-6-10-18(19)23-20(25)12-13-21(26)22-17(2)16-24-14-8-4-5-9-15-24/h6-7,10-11,17H,3-5,8-9,12-16H2,1-2H3,(H,22,26)/t17-/m1/s1. The average Bonchev–Trinajstić information content (AvgIpc) is 2.79. The van der Waals surface area contributed by atoms with E-state index in [9.17, 15) is 4.79 Å². The summed E-state index contributed by atoms with van der Waals surface area (Å²) in [5, 5.41) is 3.17. The molecule has 1 fully saturated rings. The maximum atomic E-state index is 12.4. The average molecular weight is 357 g/mol. The Morgan fingerprint density at radius 2 is 1.92 bits per heavy atom. The minimum atomic E-state index is 0.127. The second kappa shape index (κ2) is 9.17. The Bertz CT molecular complexity index is 716. The molecule has 0 radical (unpaired) electrons. The molecular formula is C21H32N4O. The molecule has 0 unspecified atom stereocenters. The zero-order valence-corrected chi connectivity index (χ0v) is 16.2. The molecule has 26 heavy (non-hydrogen) atoms. The van der Waals surface area contributed by atoms with Gasteiger partial charge in [0, 0.05) is 32.0 Å². The Balaban J connectivity index is 1.50. The fourth-order valence-electron chi connectivity index (χ4n) is 3.99. The Morgan fingerprint density at radius 1 is 1.19 bits per heavy atom. The van der Waals surface area contributed by atoms with E-state index in [1.165, 1.54) is 38.8 Å². The molecule has 0 bridgehead atoms. The second-order valence-corrected chi connectivity index (χ2v) is 7.44. The number of fused-ring (bicyclic) bond motifs is 1. The van der Waals surface area contributed by atoms with E-state index in [0.29, 0.717) is 12.8 Å². The third kappa shape index (κ3) is 4.85. The summed E-state index contributed by atoms with van der Waals surface area (Å²) in [6.45, 7) is 8.41. The number of benzene rings is 1. The van der Waals surface area contributed by atoms with Gasteiger partial charge in [-0.1, -0.05) is 25.0 Å². The van der Waals surface area contributed by atoms with Gasteiger partial charge in [-0.3, -0.25) is 4.79 Å². The molecule has 1 aliphatic rings. The first kappa shape index (κ1) is 18.9. The number of imidazole rings is 1. The van der Waals surface area contributed by atoms with Crippen molar-refractivity contribution in [3.63, 3.8) is 0 Å². The van der Waals surface area contributed by atoms with Crippen molar-refractivity contribution in [2.45, 2.75) is 65.0 Å². The highest BCUT2D eigenvalue weighted by Crippen LogP contribution is 2.17. The summed E-state index contributed by atoms with van der Waals surface area (Å²) in [6.07, 6.45) is 6.44. The quantitative estimate of drug-likeness (QED) is 0.827. The molecule has 5 nitrogen and oxygen atoms in total. The first-order valence-electron chi connectivity index (χ1n) is 10.1. The van der Waals surface area contributed by atoms with Crippen molar-refractivity contribution in [1.29, 1.82) is 0 Å². The third-order valence-corrected chi connectivity index (χ3v) is 5.26. The fourth-order valence-corrected chi connectivity index (χ4v) is 3.99. The number of aryl methyl sites for hydroxylation is 2. The topological polar surface area (TPSA) is 50.2 Å².